The van der Waals surface area contributed by atoms with E-state index in [1.807, 2.05) is 30.1 Å². The van der Waals surface area contributed by atoms with Crippen LogP contribution in [0.4, 0.5) is 4.39 Å². The number of carbonyl (C=O) groups is 1. The van der Waals surface area contributed by atoms with Crippen LogP contribution >= 0.6 is 0 Å². The first-order valence-electron chi connectivity index (χ1n) is 7.93. The molecule has 0 unspecified atom stereocenters. The van der Waals surface area contributed by atoms with Gasteiger partial charge in [0.25, 0.3) is 0 Å². The zero-order valence-electron chi connectivity index (χ0n) is 14.7. The normalized spacial score (nSPS) is 10.6. The van der Waals surface area contributed by atoms with Gasteiger partial charge in [0, 0.05) is 18.7 Å². The van der Waals surface area contributed by atoms with Crippen molar-refractivity contribution in [2.45, 2.75) is 13.1 Å². The van der Waals surface area contributed by atoms with Gasteiger partial charge in [0.05, 0.1) is 20.8 Å². The van der Waals surface area contributed by atoms with Gasteiger partial charge in [-0.2, -0.15) is 0 Å². The molecular formula is C19H23FN2O3. The van der Waals surface area contributed by atoms with Gasteiger partial charge in [-0.3, -0.25) is 9.69 Å². The number of likely N-dealkylation sites (N-methyl/N-ethyl adjacent to an activating group) is 1. The molecule has 25 heavy (non-hydrogen) atoms. The van der Waals surface area contributed by atoms with Gasteiger partial charge in [-0.1, -0.05) is 24.3 Å². The summed E-state index contributed by atoms with van der Waals surface area (Å²) in [5.41, 5.74) is 1.47. The highest BCUT2D eigenvalue weighted by atomic mass is 19.1. The summed E-state index contributed by atoms with van der Waals surface area (Å²) in [6.07, 6.45) is 0. The lowest BCUT2D eigenvalue weighted by Crippen LogP contribution is -2.34. The summed E-state index contributed by atoms with van der Waals surface area (Å²) < 4.78 is 24.0. The molecule has 2 aromatic rings. The molecule has 0 aromatic heterocycles. The number of nitrogens with one attached hydrogen (secondary N) is 1. The largest absolute Gasteiger partial charge is 0.493 e. The molecule has 5 nitrogen and oxygen atoms in total. The molecule has 0 radical (unpaired) electrons. The third kappa shape index (κ3) is 5.46. The predicted molar refractivity (Wildman–Crippen MR) is 94.1 cm³/mol. The first-order chi connectivity index (χ1) is 12.0. The van der Waals surface area contributed by atoms with Crippen molar-refractivity contribution in [3.63, 3.8) is 0 Å². The van der Waals surface area contributed by atoms with E-state index < -0.39 is 0 Å². The van der Waals surface area contributed by atoms with Crippen LogP contribution in [0, 0.1) is 5.82 Å². The molecule has 0 aliphatic rings. The van der Waals surface area contributed by atoms with Crippen molar-refractivity contribution in [1.82, 2.24) is 10.2 Å². The summed E-state index contributed by atoms with van der Waals surface area (Å²) in [6, 6.07) is 12.0. The highest BCUT2D eigenvalue weighted by Gasteiger charge is 2.10. The van der Waals surface area contributed by atoms with Crippen molar-refractivity contribution >= 4 is 5.91 Å². The van der Waals surface area contributed by atoms with Gasteiger partial charge < -0.3 is 14.8 Å². The molecule has 0 aliphatic carbocycles. The Balaban J connectivity index is 1.86. The number of ether oxygens (including phenoxy) is 2. The van der Waals surface area contributed by atoms with Crippen LogP contribution in [0.3, 0.4) is 0 Å². The number of methoxy groups -OCH3 is 2. The number of hydrogen-bond acceptors (Lipinski definition) is 4. The number of rotatable bonds is 8. The number of benzene rings is 2. The van der Waals surface area contributed by atoms with E-state index in [0.29, 0.717) is 23.6 Å². The molecule has 1 N–H and O–H groups in total. The van der Waals surface area contributed by atoms with E-state index >= 15 is 0 Å². The maximum absolute atomic E-state index is 13.5. The number of nitrogens with zero attached hydrogens (tertiary/aromatic N) is 1. The van der Waals surface area contributed by atoms with Crippen molar-refractivity contribution in [2.75, 3.05) is 27.8 Å². The van der Waals surface area contributed by atoms with Crippen LogP contribution in [-0.2, 0) is 17.9 Å². The molecule has 2 rings (SSSR count). The molecule has 6 heteroatoms. The van der Waals surface area contributed by atoms with Crippen molar-refractivity contribution in [1.29, 1.82) is 0 Å². The second-order valence-electron chi connectivity index (χ2n) is 5.73. The average molecular weight is 346 g/mol. The summed E-state index contributed by atoms with van der Waals surface area (Å²) in [4.78, 5) is 13.9. The van der Waals surface area contributed by atoms with Gasteiger partial charge >= 0.3 is 0 Å². The van der Waals surface area contributed by atoms with E-state index in [4.69, 9.17) is 9.47 Å². The predicted octanol–water partition coefficient (Wildman–Crippen LogP) is 2.59. The molecule has 0 fully saturated rings. The van der Waals surface area contributed by atoms with Gasteiger partial charge in [0.1, 0.15) is 5.82 Å². The summed E-state index contributed by atoms with van der Waals surface area (Å²) in [6.45, 7) is 0.964. The number of halogens is 1. The third-order valence-electron chi connectivity index (χ3n) is 3.75. The maximum Gasteiger partial charge on any atom is 0.234 e. The second-order valence-corrected chi connectivity index (χ2v) is 5.73. The SMILES string of the molecule is COc1ccc(CN(C)CC(=O)NCc2ccccc2F)cc1OC. The van der Waals surface area contributed by atoms with Gasteiger partial charge in [0.15, 0.2) is 11.5 Å². The maximum atomic E-state index is 13.5. The molecule has 0 aliphatic heterocycles. The molecule has 1 amide bonds. The average Bonchev–Trinajstić information content (AvgIpc) is 2.60. The molecule has 0 saturated heterocycles. The minimum atomic E-state index is -0.318. The number of amides is 1. The minimum Gasteiger partial charge on any atom is -0.493 e. The molecular weight excluding hydrogens is 323 g/mol. The number of hydrogen-bond donors (Lipinski definition) is 1. The van der Waals surface area contributed by atoms with E-state index in [1.165, 1.54) is 6.07 Å². The lowest BCUT2D eigenvalue weighted by atomic mass is 10.2. The van der Waals surface area contributed by atoms with Crippen LogP contribution in [0.5, 0.6) is 11.5 Å². The monoisotopic (exact) mass is 346 g/mol. The highest BCUT2D eigenvalue weighted by Crippen LogP contribution is 2.27. The second kappa shape index (κ2) is 9.03. The van der Waals surface area contributed by atoms with Gasteiger partial charge in [-0.15, -0.1) is 0 Å². The van der Waals surface area contributed by atoms with Crippen LogP contribution < -0.4 is 14.8 Å². The Bertz CT molecular complexity index is 722. The van der Waals surface area contributed by atoms with Crippen molar-refractivity contribution in [2.24, 2.45) is 0 Å². The molecule has 0 spiro atoms. The fraction of sp³-hybridized carbons (Fsp3) is 0.316. The van der Waals surface area contributed by atoms with Crippen LogP contribution in [0.2, 0.25) is 0 Å². The van der Waals surface area contributed by atoms with E-state index in [9.17, 15) is 9.18 Å². The van der Waals surface area contributed by atoms with Crippen molar-refractivity contribution in [3.8, 4) is 11.5 Å². The number of carbonyl (C=O) groups excluding carboxylic acids is 1. The molecule has 0 atom stereocenters. The first kappa shape index (κ1) is 18.7. The Labute approximate surface area is 147 Å². The van der Waals surface area contributed by atoms with E-state index in [-0.39, 0.29) is 24.8 Å². The summed E-state index contributed by atoms with van der Waals surface area (Å²) in [7, 11) is 5.02. The summed E-state index contributed by atoms with van der Waals surface area (Å²) in [5.74, 6) is 0.835. The van der Waals surface area contributed by atoms with Gasteiger partial charge in [0.2, 0.25) is 5.91 Å². The lowest BCUT2D eigenvalue weighted by molar-refractivity contribution is -0.122. The molecule has 0 saturated carbocycles. The summed E-state index contributed by atoms with van der Waals surface area (Å²) >= 11 is 0. The van der Waals surface area contributed by atoms with Crippen LogP contribution in [0.25, 0.3) is 0 Å². The van der Waals surface area contributed by atoms with E-state index in [1.54, 1.807) is 32.4 Å². The zero-order chi connectivity index (χ0) is 18.2. The van der Waals surface area contributed by atoms with Gasteiger partial charge in [-0.25, -0.2) is 4.39 Å². The van der Waals surface area contributed by atoms with Crippen molar-refractivity contribution in [3.05, 3.63) is 59.4 Å². The molecule has 0 heterocycles. The van der Waals surface area contributed by atoms with Gasteiger partial charge in [-0.05, 0) is 30.8 Å². The zero-order valence-corrected chi connectivity index (χ0v) is 14.7. The molecule has 2 aromatic carbocycles. The standard InChI is InChI=1S/C19H23FN2O3/c1-22(12-14-8-9-17(24-2)18(10-14)25-3)13-19(23)21-11-15-6-4-5-7-16(15)20/h4-10H,11-13H2,1-3H3,(H,21,23). The molecule has 0 bridgehead atoms. The smallest absolute Gasteiger partial charge is 0.234 e. The Morgan fingerprint density at radius 3 is 2.52 bits per heavy atom. The Kier molecular flexibility index (Phi) is 6.77. The highest BCUT2D eigenvalue weighted by molar-refractivity contribution is 5.77. The van der Waals surface area contributed by atoms with Crippen molar-refractivity contribution < 1.29 is 18.7 Å². The van der Waals surface area contributed by atoms with Crippen LogP contribution in [-0.4, -0.2) is 38.6 Å². The van der Waals surface area contributed by atoms with E-state index in [0.717, 1.165) is 5.56 Å². The van der Waals surface area contributed by atoms with E-state index in [2.05, 4.69) is 5.32 Å². The lowest BCUT2D eigenvalue weighted by Gasteiger charge is -2.17. The van der Waals surface area contributed by atoms with Crippen LogP contribution in [0.1, 0.15) is 11.1 Å². The van der Waals surface area contributed by atoms with Crippen LogP contribution in [0.15, 0.2) is 42.5 Å². The quantitative estimate of drug-likeness (QED) is 0.798. The third-order valence-corrected chi connectivity index (χ3v) is 3.75. The topological polar surface area (TPSA) is 50.8 Å². The Morgan fingerprint density at radius 1 is 1.12 bits per heavy atom. The Hall–Kier alpha value is -2.60. The fourth-order valence-corrected chi connectivity index (χ4v) is 2.48. The minimum absolute atomic E-state index is 0.161. The fourth-order valence-electron chi connectivity index (χ4n) is 2.48. The summed E-state index contributed by atoms with van der Waals surface area (Å²) in [5, 5.41) is 2.73. The molecule has 134 valence electrons. The Morgan fingerprint density at radius 2 is 1.84 bits per heavy atom. The first-order valence-corrected chi connectivity index (χ1v) is 7.93.